The fourth-order valence-electron chi connectivity index (χ4n) is 3.35. The summed E-state index contributed by atoms with van der Waals surface area (Å²) in [7, 11) is 0. The van der Waals surface area contributed by atoms with Crippen LogP contribution in [0.4, 0.5) is 5.00 Å². The van der Waals surface area contributed by atoms with Crippen molar-refractivity contribution >= 4 is 22.3 Å². The van der Waals surface area contributed by atoms with Crippen LogP contribution in [0.1, 0.15) is 41.9 Å². The van der Waals surface area contributed by atoms with Gasteiger partial charge in [-0.05, 0) is 44.3 Å². The fraction of sp³-hybridized carbons (Fsp3) is 0.450. The van der Waals surface area contributed by atoms with Gasteiger partial charge in [-0.15, -0.1) is 11.3 Å². The number of thiophene rings is 1. The Morgan fingerprint density at radius 3 is 2.60 bits per heavy atom. The number of nitrogens with zero attached hydrogens (tertiary/aromatic N) is 1. The maximum Gasteiger partial charge on any atom is 0.341 e. The minimum absolute atomic E-state index is 0.325. The van der Waals surface area contributed by atoms with Gasteiger partial charge in [0, 0.05) is 17.0 Å². The molecule has 0 saturated carbocycles. The fourth-order valence-corrected chi connectivity index (χ4v) is 4.47. The van der Waals surface area contributed by atoms with Crippen LogP contribution in [-0.2, 0) is 11.3 Å². The molecular weight excluding hydrogens is 332 g/mol. The number of hydrogen-bond acceptors (Lipinski definition) is 5. The van der Waals surface area contributed by atoms with Gasteiger partial charge in [-0.25, -0.2) is 4.79 Å². The third-order valence-corrected chi connectivity index (χ3v) is 5.80. The van der Waals surface area contributed by atoms with Crippen molar-refractivity contribution in [1.29, 1.82) is 0 Å². The van der Waals surface area contributed by atoms with Crippen LogP contribution in [0.3, 0.4) is 0 Å². The lowest BCUT2D eigenvalue weighted by molar-refractivity contribution is 0.0529. The summed E-state index contributed by atoms with van der Waals surface area (Å²) in [5, 5.41) is 0.553. The molecular formula is C20H26N2O2S. The van der Waals surface area contributed by atoms with Gasteiger partial charge < -0.3 is 10.5 Å². The summed E-state index contributed by atoms with van der Waals surface area (Å²) in [5.41, 5.74) is 8.73. The lowest BCUT2D eigenvalue weighted by atomic mass is 9.98. The van der Waals surface area contributed by atoms with E-state index < -0.39 is 0 Å². The largest absolute Gasteiger partial charge is 0.462 e. The van der Waals surface area contributed by atoms with E-state index in [0.29, 0.717) is 17.2 Å². The Morgan fingerprint density at radius 1 is 1.28 bits per heavy atom. The lowest BCUT2D eigenvalue weighted by Gasteiger charge is -2.30. The zero-order valence-corrected chi connectivity index (χ0v) is 15.8. The first kappa shape index (κ1) is 18.0. The van der Waals surface area contributed by atoms with Gasteiger partial charge in [0.25, 0.3) is 0 Å². The van der Waals surface area contributed by atoms with E-state index in [4.69, 9.17) is 10.5 Å². The van der Waals surface area contributed by atoms with E-state index in [1.807, 2.05) is 37.3 Å². The summed E-state index contributed by atoms with van der Waals surface area (Å²) in [4.78, 5) is 16.1. The normalized spacial score (nSPS) is 16.1. The standard InChI is InChI=1S/C20H26N2O2S/c1-3-24-20(23)18-17(15-7-5-4-6-8-15)16(25-19(18)21)13-22-11-9-14(2)10-12-22/h4-8,14H,3,9-13,21H2,1-2H3. The number of nitrogens with two attached hydrogens (primary N) is 1. The molecule has 25 heavy (non-hydrogen) atoms. The van der Waals surface area contributed by atoms with Crippen molar-refractivity contribution in [3.63, 3.8) is 0 Å². The summed E-state index contributed by atoms with van der Waals surface area (Å²) in [6.45, 7) is 7.52. The molecule has 4 nitrogen and oxygen atoms in total. The van der Waals surface area contributed by atoms with Gasteiger partial charge in [0.05, 0.1) is 6.61 Å². The smallest absolute Gasteiger partial charge is 0.341 e. The first-order valence-corrected chi connectivity index (χ1v) is 9.77. The van der Waals surface area contributed by atoms with Gasteiger partial charge in [-0.3, -0.25) is 4.90 Å². The van der Waals surface area contributed by atoms with Crippen LogP contribution in [0.5, 0.6) is 0 Å². The molecule has 0 unspecified atom stereocenters. The topological polar surface area (TPSA) is 55.6 Å². The number of rotatable bonds is 5. The van der Waals surface area contributed by atoms with Crippen LogP contribution in [0.2, 0.25) is 0 Å². The van der Waals surface area contributed by atoms with Crippen molar-refractivity contribution in [2.45, 2.75) is 33.2 Å². The molecule has 0 aliphatic carbocycles. The minimum Gasteiger partial charge on any atom is -0.462 e. The third kappa shape index (κ3) is 4.05. The Labute approximate surface area is 153 Å². The monoisotopic (exact) mass is 358 g/mol. The number of piperidine rings is 1. The Hall–Kier alpha value is -1.85. The van der Waals surface area contributed by atoms with Crippen molar-refractivity contribution in [3.05, 3.63) is 40.8 Å². The molecule has 0 atom stereocenters. The number of carbonyl (C=O) groups is 1. The Kier molecular flexibility index (Phi) is 5.76. The summed E-state index contributed by atoms with van der Waals surface area (Å²) < 4.78 is 5.26. The molecule has 2 heterocycles. The van der Waals surface area contributed by atoms with Gasteiger partial charge in [-0.2, -0.15) is 0 Å². The molecule has 0 bridgehead atoms. The van der Waals surface area contributed by atoms with Crippen molar-refractivity contribution in [2.75, 3.05) is 25.4 Å². The molecule has 2 N–H and O–H groups in total. The number of esters is 1. The number of carbonyl (C=O) groups excluding carboxylic acids is 1. The van der Waals surface area contributed by atoms with Crippen molar-refractivity contribution in [1.82, 2.24) is 4.90 Å². The summed E-state index contributed by atoms with van der Waals surface area (Å²) in [6, 6.07) is 10.0. The Morgan fingerprint density at radius 2 is 1.96 bits per heavy atom. The molecule has 1 saturated heterocycles. The van der Waals surface area contributed by atoms with Gasteiger partial charge in [0.15, 0.2) is 0 Å². The van der Waals surface area contributed by atoms with Crippen LogP contribution in [0, 0.1) is 5.92 Å². The highest BCUT2D eigenvalue weighted by Crippen LogP contribution is 2.40. The van der Waals surface area contributed by atoms with Gasteiger partial charge in [-0.1, -0.05) is 37.3 Å². The predicted octanol–water partition coefficient (Wildman–Crippen LogP) is 4.41. The van der Waals surface area contributed by atoms with E-state index in [2.05, 4.69) is 11.8 Å². The molecule has 0 amide bonds. The number of anilines is 1. The second-order valence-corrected chi connectivity index (χ2v) is 7.82. The molecule has 1 aliphatic heterocycles. The van der Waals surface area contributed by atoms with Crippen LogP contribution >= 0.6 is 11.3 Å². The number of ether oxygens (including phenoxy) is 1. The third-order valence-electron chi connectivity index (χ3n) is 4.79. The molecule has 0 radical (unpaired) electrons. The maximum absolute atomic E-state index is 12.5. The van der Waals surface area contributed by atoms with Gasteiger partial charge in [0.2, 0.25) is 0 Å². The number of nitrogen functional groups attached to an aromatic ring is 1. The zero-order valence-electron chi connectivity index (χ0n) is 15.0. The first-order valence-electron chi connectivity index (χ1n) is 8.96. The molecule has 3 rings (SSSR count). The Balaban J connectivity index is 1.97. The highest BCUT2D eigenvalue weighted by Gasteiger charge is 2.26. The maximum atomic E-state index is 12.5. The molecule has 1 aliphatic rings. The minimum atomic E-state index is -0.325. The second kappa shape index (κ2) is 8.02. The van der Waals surface area contributed by atoms with Crippen LogP contribution in [-0.4, -0.2) is 30.6 Å². The van der Waals surface area contributed by atoms with E-state index in [1.54, 1.807) is 0 Å². The first-order chi connectivity index (χ1) is 12.1. The molecule has 1 fully saturated rings. The van der Waals surface area contributed by atoms with Gasteiger partial charge >= 0.3 is 5.97 Å². The van der Waals surface area contributed by atoms with Gasteiger partial charge in [0.1, 0.15) is 10.6 Å². The number of hydrogen-bond donors (Lipinski definition) is 1. The SMILES string of the molecule is CCOC(=O)c1c(N)sc(CN2CCC(C)CC2)c1-c1ccccc1. The molecule has 1 aromatic carbocycles. The van der Waals surface area contributed by atoms with Crippen LogP contribution in [0.15, 0.2) is 30.3 Å². The zero-order chi connectivity index (χ0) is 17.8. The average molecular weight is 359 g/mol. The van der Waals surface area contributed by atoms with Crippen LogP contribution < -0.4 is 5.73 Å². The van der Waals surface area contributed by atoms with Crippen molar-refractivity contribution in [3.8, 4) is 11.1 Å². The van der Waals surface area contributed by atoms with Crippen molar-refractivity contribution in [2.24, 2.45) is 5.92 Å². The predicted molar refractivity (Wildman–Crippen MR) is 104 cm³/mol. The molecule has 134 valence electrons. The van der Waals surface area contributed by atoms with E-state index in [1.165, 1.54) is 24.2 Å². The van der Waals surface area contributed by atoms with E-state index in [-0.39, 0.29) is 5.97 Å². The highest BCUT2D eigenvalue weighted by molar-refractivity contribution is 7.17. The number of benzene rings is 1. The van der Waals surface area contributed by atoms with Crippen molar-refractivity contribution < 1.29 is 9.53 Å². The second-order valence-electron chi connectivity index (χ2n) is 6.68. The molecule has 0 spiro atoms. The Bertz CT molecular complexity index is 719. The average Bonchev–Trinajstić information content (AvgIpc) is 2.94. The van der Waals surface area contributed by atoms with E-state index in [9.17, 15) is 4.79 Å². The number of likely N-dealkylation sites (tertiary alicyclic amines) is 1. The molecule has 5 heteroatoms. The lowest BCUT2D eigenvalue weighted by Crippen LogP contribution is -2.32. The summed E-state index contributed by atoms with van der Waals surface area (Å²) in [5.74, 6) is 0.474. The van der Waals surface area contributed by atoms with Crippen LogP contribution in [0.25, 0.3) is 11.1 Å². The summed E-state index contributed by atoms with van der Waals surface area (Å²) >= 11 is 1.52. The highest BCUT2D eigenvalue weighted by atomic mass is 32.1. The molecule has 2 aromatic rings. The molecule has 1 aromatic heterocycles. The quantitative estimate of drug-likeness (QED) is 0.805. The van der Waals surface area contributed by atoms with E-state index in [0.717, 1.165) is 41.6 Å². The van der Waals surface area contributed by atoms with E-state index >= 15 is 0 Å². The summed E-state index contributed by atoms with van der Waals surface area (Å²) in [6.07, 6.45) is 2.46.